The molecule has 0 aliphatic rings. The minimum atomic E-state index is -0.955. The molecule has 82 valence electrons. The van der Waals surface area contributed by atoms with Crippen molar-refractivity contribution in [3.05, 3.63) is 0 Å². The van der Waals surface area contributed by atoms with Gasteiger partial charge in [0, 0.05) is 26.9 Å². The van der Waals surface area contributed by atoms with Gasteiger partial charge in [0.25, 0.3) is 0 Å². The van der Waals surface area contributed by atoms with E-state index in [1.54, 1.807) is 0 Å². The SMILES string of the molecule is CC(=O)OOC(CCCO)OC(C)=O. The Bertz CT molecular complexity index is 190. The van der Waals surface area contributed by atoms with Crippen LogP contribution in [0.25, 0.3) is 0 Å². The maximum absolute atomic E-state index is 10.6. The number of hydrogen-bond acceptors (Lipinski definition) is 6. The Labute approximate surface area is 81.7 Å². The molecule has 0 aliphatic carbocycles. The van der Waals surface area contributed by atoms with Crippen molar-refractivity contribution < 1.29 is 29.2 Å². The fourth-order valence-corrected chi connectivity index (χ4v) is 0.691. The van der Waals surface area contributed by atoms with Crippen LogP contribution < -0.4 is 0 Å². The summed E-state index contributed by atoms with van der Waals surface area (Å²) in [4.78, 5) is 29.6. The third-order valence-corrected chi connectivity index (χ3v) is 1.17. The molecule has 0 aromatic heterocycles. The molecule has 1 N–H and O–H groups in total. The van der Waals surface area contributed by atoms with Crippen molar-refractivity contribution in [1.29, 1.82) is 0 Å². The van der Waals surface area contributed by atoms with Gasteiger partial charge in [-0.05, 0) is 6.42 Å². The van der Waals surface area contributed by atoms with Crippen LogP contribution in [0.1, 0.15) is 26.7 Å². The molecule has 0 rings (SSSR count). The first kappa shape index (κ1) is 12.9. The fraction of sp³-hybridized carbons (Fsp3) is 0.750. The molecule has 0 aromatic carbocycles. The summed E-state index contributed by atoms with van der Waals surface area (Å²) in [6, 6.07) is 0. The van der Waals surface area contributed by atoms with E-state index in [0.717, 1.165) is 6.92 Å². The lowest BCUT2D eigenvalue weighted by Crippen LogP contribution is -2.21. The lowest BCUT2D eigenvalue weighted by Gasteiger charge is -2.14. The van der Waals surface area contributed by atoms with Crippen molar-refractivity contribution in [2.45, 2.75) is 33.0 Å². The molecule has 0 saturated carbocycles. The number of carbonyl (C=O) groups is 2. The Morgan fingerprint density at radius 2 is 1.93 bits per heavy atom. The minimum Gasteiger partial charge on any atom is -0.432 e. The number of aliphatic hydroxyl groups excluding tert-OH is 1. The molecule has 6 heteroatoms. The van der Waals surface area contributed by atoms with Crippen LogP contribution in [-0.2, 0) is 24.1 Å². The van der Waals surface area contributed by atoms with Crippen molar-refractivity contribution in [2.75, 3.05) is 6.61 Å². The molecule has 1 unspecified atom stereocenters. The Morgan fingerprint density at radius 3 is 2.36 bits per heavy atom. The van der Waals surface area contributed by atoms with Gasteiger partial charge in [0.2, 0.25) is 6.29 Å². The molecule has 6 nitrogen and oxygen atoms in total. The van der Waals surface area contributed by atoms with Gasteiger partial charge in [0.05, 0.1) is 0 Å². The summed E-state index contributed by atoms with van der Waals surface area (Å²) in [5, 5.41) is 8.52. The van der Waals surface area contributed by atoms with Gasteiger partial charge in [-0.25, -0.2) is 4.79 Å². The van der Waals surface area contributed by atoms with Crippen LogP contribution in [-0.4, -0.2) is 29.9 Å². The predicted molar refractivity (Wildman–Crippen MR) is 44.7 cm³/mol. The minimum absolute atomic E-state index is 0.0544. The Hall–Kier alpha value is -1.14. The maximum Gasteiger partial charge on any atom is 0.339 e. The quantitative estimate of drug-likeness (QED) is 0.288. The van der Waals surface area contributed by atoms with E-state index in [1.165, 1.54) is 6.92 Å². The fourth-order valence-electron chi connectivity index (χ4n) is 0.691. The van der Waals surface area contributed by atoms with Crippen LogP contribution in [0.2, 0.25) is 0 Å². The zero-order valence-electron chi connectivity index (χ0n) is 8.19. The van der Waals surface area contributed by atoms with E-state index in [0.29, 0.717) is 6.42 Å². The zero-order valence-corrected chi connectivity index (χ0v) is 8.19. The van der Waals surface area contributed by atoms with E-state index in [1.807, 2.05) is 0 Å². The third kappa shape index (κ3) is 7.51. The first-order chi connectivity index (χ1) is 6.56. The molecule has 0 aliphatic heterocycles. The van der Waals surface area contributed by atoms with Crippen LogP contribution in [0, 0.1) is 0 Å². The van der Waals surface area contributed by atoms with Gasteiger partial charge < -0.3 is 9.84 Å². The van der Waals surface area contributed by atoms with Gasteiger partial charge in [0.1, 0.15) is 0 Å². The van der Waals surface area contributed by atoms with Crippen LogP contribution in [0.4, 0.5) is 0 Å². The monoisotopic (exact) mass is 206 g/mol. The van der Waals surface area contributed by atoms with Crippen LogP contribution in [0.5, 0.6) is 0 Å². The topological polar surface area (TPSA) is 82.1 Å². The number of rotatable bonds is 6. The largest absolute Gasteiger partial charge is 0.432 e. The van der Waals surface area contributed by atoms with Gasteiger partial charge in [-0.3, -0.25) is 9.68 Å². The average molecular weight is 206 g/mol. The second kappa shape index (κ2) is 7.28. The smallest absolute Gasteiger partial charge is 0.339 e. The van der Waals surface area contributed by atoms with E-state index in [9.17, 15) is 9.59 Å². The van der Waals surface area contributed by atoms with Crippen molar-refractivity contribution in [3.8, 4) is 0 Å². The van der Waals surface area contributed by atoms with Crippen molar-refractivity contribution >= 4 is 11.9 Å². The van der Waals surface area contributed by atoms with E-state index >= 15 is 0 Å². The van der Waals surface area contributed by atoms with Crippen LogP contribution in [0.15, 0.2) is 0 Å². The van der Waals surface area contributed by atoms with Gasteiger partial charge in [-0.15, -0.1) is 4.89 Å². The van der Waals surface area contributed by atoms with E-state index in [4.69, 9.17) is 5.11 Å². The highest BCUT2D eigenvalue weighted by Gasteiger charge is 2.14. The highest BCUT2D eigenvalue weighted by atomic mass is 17.2. The summed E-state index contributed by atoms with van der Waals surface area (Å²) in [5.41, 5.74) is 0. The normalized spacial score (nSPS) is 11.9. The summed E-state index contributed by atoms with van der Waals surface area (Å²) in [7, 11) is 0. The summed E-state index contributed by atoms with van der Waals surface area (Å²) >= 11 is 0. The van der Waals surface area contributed by atoms with E-state index < -0.39 is 18.2 Å². The first-order valence-corrected chi connectivity index (χ1v) is 4.18. The molecule has 0 spiro atoms. The third-order valence-electron chi connectivity index (χ3n) is 1.17. The number of carbonyl (C=O) groups excluding carboxylic acids is 2. The molecular formula is C8H14O6. The first-order valence-electron chi connectivity index (χ1n) is 4.18. The number of ether oxygens (including phenoxy) is 1. The van der Waals surface area contributed by atoms with Gasteiger partial charge in [-0.2, -0.15) is 0 Å². The lowest BCUT2D eigenvalue weighted by molar-refractivity contribution is -0.344. The Morgan fingerprint density at radius 1 is 1.29 bits per heavy atom. The summed E-state index contributed by atoms with van der Waals surface area (Å²) < 4.78 is 4.65. The van der Waals surface area contributed by atoms with Crippen LogP contribution in [0.3, 0.4) is 0 Å². The Kier molecular flexibility index (Phi) is 6.69. The molecular weight excluding hydrogens is 192 g/mol. The molecule has 1 atom stereocenters. The molecule has 0 amide bonds. The maximum atomic E-state index is 10.6. The van der Waals surface area contributed by atoms with Gasteiger partial charge in [-0.1, -0.05) is 0 Å². The molecule has 14 heavy (non-hydrogen) atoms. The Balaban J connectivity index is 3.83. The molecule has 0 saturated heterocycles. The number of hydrogen-bond donors (Lipinski definition) is 1. The molecule has 0 aromatic rings. The van der Waals surface area contributed by atoms with Gasteiger partial charge >= 0.3 is 11.9 Å². The second-order valence-electron chi connectivity index (χ2n) is 2.58. The molecule has 0 radical (unpaired) electrons. The average Bonchev–Trinajstić information content (AvgIpc) is 2.09. The lowest BCUT2D eigenvalue weighted by atomic mass is 10.3. The molecule has 0 fully saturated rings. The van der Waals surface area contributed by atoms with Crippen LogP contribution >= 0.6 is 0 Å². The molecule has 0 heterocycles. The zero-order chi connectivity index (χ0) is 11.0. The van der Waals surface area contributed by atoms with Crippen molar-refractivity contribution in [1.82, 2.24) is 0 Å². The highest BCUT2D eigenvalue weighted by Crippen LogP contribution is 2.05. The summed E-state index contributed by atoms with van der Waals surface area (Å²) in [6.45, 7) is 2.32. The van der Waals surface area contributed by atoms with E-state index in [-0.39, 0.29) is 13.0 Å². The number of esters is 1. The highest BCUT2D eigenvalue weighted by molar-refractivity contribution is 5.66. The van der Waals surface area contributed by atoms with Gasteiger partial charge in [0.15, 0.2) is 0 Å². The predicted octanol–water partition coefficient (Wildman–Crippen LogP) is 0.143. The van der Waals surface area contributed by atoms with Crippen molar-refractivity contribution in [2.24, 2.45) is 0 Å². The standard InChI is InChI=1S/C8H14O6/c1-6(10)12-8(4-3-5-9)14-13-7(2)11/h8-9H,3-5H2,1-2H3. The van der Waals surface area contributed by atoms with Crippen molar-refractivity contribution in [3.63, 3.8) is 0 Å². The summed E-state index contributed by atoms with van der Waals surface area (Å²) in [5.74, 6) is -1.17. The second-order valence-corrected chi connectivity index (χ2v) is 2.58. The molecule has 0 bridgehead atoms. The van der Waals surface area contributed by atoms with E-state index in [2.05, 4.69) is 14.5 Å². The number of aliphatic hydroxyl groups is 1. The summed E-state index contributed by atoms with van der Waals surface area (Å²) in [6.07, 6.45) is -0.300.